The van der Waals surface area contributed by atoms with Gasteiger partial charge in [0, 0.05) is 5.92 Å². The standard InChI is InChI=1S/C7H14N2O/c1-3-7(2)4-5(7)6(10)9-8/h5H,3-4,8H2,1-2H3,(H,9,10)/t5-,7-/m1/s1. The first-order valence-electron chi connectivity index (χ1n) is 3.64. The van der Waals surface area contributed by atoms with Crippen molar-refractivity contribution >= 4 is 5.91 Å². The van der Waals surface area contributed by atoms with E-state index in [2.05, 4.69) is 19.3 Å². The van der Waals surface area contributed by atoms with Crippen LogP contribution >= 0.6 is 0 Å². The van der Waals surface area contributed by atoms with Crippen molar-refractivity contribution in [1.29, 1.82) is 0 Å². The number of carbonyl (C=O) groups is 1. The summed E-state index contributed by atoms with van der Waals surface area (Å²) >= 11 is 0. The molecule has 3 nitrogen and oxygen atoms in total. The van der Waals surface area contributed by atoms with Gasteiger partial charge in [-0.15, -0.1) is 0 Å². The average Bonchev–Trinajstić information content (AvgIpc) is 2.62. The van der Waals surface area contributed by atoms with Gasteiger partial charge in [0.1, 0.15) is 0 Å². The Kier molecular flexibility index (Phi) is 1.68. The SMILES string of the molecule is CC[C@]1(C)C[C@@H]1C(=O)NN. The van der Waals surface area contributed by atoms with Crippen LogP contribution in [0.5, 0.6) is 0 Å². The van der Waals surface area contributed by atoms with Crippen LogP contribution < -0.4 is 11.3 Å². The third-order valence-electron chi connectivity index (χ3n) is 2.62. The van der Waals surface area contributed by atoms with E-state index in [-0.39, 0.29) is 17.2 Å². The minimum Gasteiger partial charge on any atom is -0.294 e. The number of nitrogens with two attached hydrogens (primary N) is 1. The first-order chi connectivity index (χ1) is 4.64. The average molecular weight is 142 g/mol. The third kappa shape index (κ3) is 1.01. The van der Waals surface area contributed by atoms with Crippen LogP contribution in [0.1, 0.15) is 26.7 Å². The maximum atomic E-state index is 10.9. The molecule has 3 N–H and O–H groups in total. The molecule has 1 aliphatic rings. The molecule has 58 valence electrons. The highest BCUT2D eigenvalue weighted by molar-refractivity contribution is 5.81. The van der Waals surface area contributed by atoms with Gasteiger partial charge in [0.25, 0.3) is 0 Å². The summed E-state index contributed by atoms with van der Waals surface area (Å²) in [4.78, 5) is 10.9. The maximum absolute atomic E-state index is 10.9. The summed E-state index contributed by atoms with van der Waals surface area (Å²) in [6.45, 7) is 4.22. The number of rotatable bonds is 2. The largest absolute Gasteiger partial charge is 0.294 e. The molecule has 1 saturated carbocycles. The lowest BCUT2D eigenvalue weighted by Crippen LogP contribution is -2.32. The second kappa shape index (κ2) is 2.23. The van der Waals surface area contributed by atoms with E-state index < -0.39 is 0 Å². The van der Waals surface area contributed by atoms with Crippen LogP contribution in [0.3, 0.4) is 0 Å². The zero-order chi connectivity index (χ0) is 7.78. The second-order valence-corrected chi connectivity index (χ2v) is 3.27. The van der Waals surface area contributed by atoms with Gasteiger partial charge in [-0.3, -0.25) is 10.2 Å². The number of amides is 1. The Morgan fingerprint density at radius 3 is 2.80 bits per heavy atom. The molecule has 1 rings (SSSR count). The van der Waals surface area contributed by atoms with Gasteiger partial charge < -0.3 is 0 Å². The molecule has 1 amide bonds. The van der Waals surface area contributed by atoms with Crippen molar-refractivity contribution in [3.63, 3.8) is 0 Å². The van der Waals surface area contributed by atoms with Gasteiger partial charge in [0.2, 0.25) is 5.91 Å². The summed E-state index contributed by atoms with van der Waals surface area (Å²) in [5, 5.41) is 0. The fourth-order valence-corrected chi connectivity index (χ4v) is 1.31. The first-order valence-corrected chi connectivity index (χ1v) is 3.64. The van der Waals surface area contributed by atoms with Crippen molar-refractivity contribution in [1.82, 2.24) is 5.43 Å². The smallest absolute Gasteiger partial charge is 0.237 e. The molecule has 0 radical (unpaired) electrons. The molecule has 0 aromatic rings. The van der Waals surface area contributed by atoms with Crippen LogP contribution in [0.25, 0.3) is 0 Å². The molecular weight excluding hydrogens is 128 g/mol. The van der Waals surface area contributed by atoms with E-state index in [0.29, 0.717) is 0 Å². The molecule has 0 aliphatic heterocycles. The van der Waals surface area contributed by atoms with Crippen molar-refractivity contribution in [2.24, 2.45) is 17.2 Å². The number of nitrogens with one attached hydrogen (secondary N) is 1. The van der Waals surface area contributed by atoms with Crippen LogP contribution in [0, 0.1) is 11.3 Å². The zero-order valence-corrected chi connectivity index (χ0v) is 6.48. The van der Waals surface area contributed by atoms with E-state index in [1.54, 1.807) is 0 Å². The van der Waals surface area contributed by atoms with Gasteiger partial charge in [-0.25, -0.2) is 5.84 Å². The predicted molar refractivity (Wildman–Crippen MR) is 38.8 cm³/mol. The molecule has 3 heteroatoms. The Labute approximate surface area is 60.9 Å². The number of hydrazine groups is 1. The molecule has 2 atom stereocenters. The topological polar surface area (TPSA) is 55.1 Å². The minimum atomic E-state index is -0.00986. The minimum absolute atomic E-state index is 0.00986. The molecule has 0 heterocycles. The molecule has 10 heavy (non-hydrogen) atoms. The summed E-state index contributed by atoms with van der Waals surface area (Å²) in [5.74, 6) is 5.15. The summed E-state index contributed by atoms with van der Waals surface area (Å²) in [6.07, 6.45) is 2.05. The molecule has 0 unspecified atom stereocenters. The predicted octanol–water partition coefficient (Wildman–Crippen LogP) is 0.413. The normalized spacial score (nSPS) is 37.3. The Bertz CT molecular complexity index is 158. The highest BCUT2D eigenvalue weighted by Crippen LogP contribution is 2.54. The molecule has 0 aromatic carbocycles. The fourth-order valence-electron chi connectivity index (χ4n) is 1.31. The van der Waals surface area contributed by atoms with E-state index >= 15 is 0 Å². The number of hydrogen-bond acceptors (Lipinski definition) is 2. The van der Waals surface area contributed by atoms with Crippen molar-refractivity contribution < 1.29 is 4.79 Å². The van der Waals surface area contributed by atoms with Gasteiger partial charge in [-0.05, 0) is 18.3 Å². The Morgan fingerprint density at radius 2 is 2.50 bits per heavy atom. The van der Waals surface area contributed by atoms with Crippen LogP contribution in [-0.4, -0.2) is 5.91 Å². The summed E-state index contributed by atoms with van der Waals surface area (Å²) < 4.78 is 0. The molecule has 0 saturated heterocycles. The maximum Gasteiger partial charge on any atom is 0.237 e. The lowest BCUT2D eigenvalue weighted by atomic mass is 10.0. The van der Waals surface area contributed by atoms with Crippen molar-refractivity contribution in [2.75, 3.05) is 0 Å². The molecule has 1 fully saturated rings. The van der Waals surface area contributed by atoms with Gasteiger partial charge in [0.15, 0.2) is 0 Å². The lowest BCUT2D eigenvalue weighted by molar-refractivity contribution is -0.123. The highest BCUT2D eigenvalue weighted by atomic mass is 16.2. The zero-order valence-electron chi connectivity index (χ0n) is 6.48. The van der Waals surface area contributed by atoms with E-state index in [4.69, 9.17) is 5.84 Å². The van der Waals surface area contributed by atoms with Crippen LogP contribution in [0.2, 0.25) is 0 Å². The molecule has 0 spiro atoms. The number of hydrogen-bond donors (Lipinski definition) is 2. The van der Waals surface area contributed by atoms with Gasteiger partial charge in [-0.2, -0.15) is 0 Å². The quantitative estimate of drug-likeness (QED) is 0.333. The van der Waals surface area contributed by atoms with E-state index in [1.165, 1.54) is 0 Å². The van der Waals surface area contributed by atoms with E-state index in [1.807, 2.05) is 0 Å². The van der Waals surface area contributed by atoms with E-state index in [9.17, 15) is 4.79 Å². The Hall–Kier alpha value is -0.570. The van der Waals surface area contributed by atoms with Gasteiger partial charge in [0.05, 0.1) is 0 Å². The second-order valence-electron chi connectivity index (χ2n) is 3.27. The summed E-state index contributed by atoms with van der Waals surface area (Å²) in [5.41, 5.74) is 2.42. The third-order valence-corrected chi connectivity index (χ3v) is 2.62. The monoisotopic (exact) mass is 142 g/mol. The van der Waals surface area contributed by atoms with Crippen molar-refractivity contribution in [2.45, 2.75) is 26.7 Å². The Morgan fingerprint density at radius 1 is 1.90 bits per heavy atom. The Balaban J connectivity index is 2.44. The first kappa shape index (κ1) is 7.54. The summed E-state index contributed by atoms with van der Waals surface area (Å²) in [6, 6.07) is 0. The van der Waals surface area contributed by atoms with Crippen LogP contribution in [0.15, 0.2) is 0 Å². The lowest BCUT2D eigenvalue weighted by Gasteiger charge is -2.04. The molecule has 1 aliphatic carbocycles. The molecular formula is C7H14N2O. The van der Waals surface area contributed by atoms with Crippen LogP contribution in [0.4, 0.5) is 0 Å². The number of carbonyl (C=O) groups excluding carboxylic acids is 1. The highest BCUT2D eigenvalue weighted by Gasteiger charge is 2.52. The van der Waals surface area contributed by atoms with Crippen LogP contribution in [-0.2, 0) is 4.79 Å². The molecule has 0 bridgehead atoms. The summed E-state index contributed by atoms with van der Waals surface area (Å²) in [7, 11) is 0. The van der Waals surface area contributed by atoms with Gasteiger partial charge >= 0.3 is 0 Å². The van der Waals surface area contributed by atoms with Crippen molar-refractivity contribution in [3.05, 3.63) is 0 Å². The molecule has 0 aromatic heterocycles. The fraction of sp³-hybridized carbons (Fsp3) is 0.857. The van der Waals surface area contributed by atoms with Gasteiger partial charge in [-0.1, -0.05) is 13.8 Å². The van der Waals surface area contributed by atoms with E-state index in [0.717, 1.165) is 12.8 Å². The van der Waals surface area contributed by atoms with Crippen molar-refractivity contribution in [3.8, 4) is 0 Å².